The van der Waals surface area contributed by atoms with Crippen molar-refractivity contribution in [1.29, 1.82) is 0 Å². The first-order valence-electron chi connectivity index (χ1n) is 5.64. The van der Waals surface area contributed by atoms with Gasteiger partial charge >= 0.3 is 0 Å². The van der Waals surface area contributed by atoms with Crippen LogP contribution in [0.1, 0.15) is 15.9 Å². The highest BCUT2D eigenvalue weighted by atomic mass is 16.3. The lowest BCUT2D eigenvalue weighted by Crippen LogP contribution is -2.33. The number of hydrogen-bond acceptors (Lipinski definition) is 5. The van der Waals surface area contributed by atoms with Gasteiger partial charge < -0.3 is 26.4 Å². The van der Waals surface area contributed by atoms with E-state index in [0.29, 0.717) is 17.7 Å². The standard InChI is InChI=1S/C12H18N2O4/c13-10-4-8(1-2-15)3-9(5-10)12(18)14-6-11(17)7-16/h3-5,11,15-17H,1-2,6-7,13H2,(H,14,18). The van der Waals surface area contributed by atoms with Gasteiger partial charge in [0, 0.05) is 24.4 Å². The predicted octanol–water partition coefficient (Wildman–Crippen LogP) is -1.11. The summed E-state index contributed by atoms with van der Waals surface area (Å²) in [5.74, 6) is -0.381. The van der Waals surface area contributed by atoms with E-state index in [0.717, 1.165) is 5.56 Å². The van der Waals surface area contributed by atoms with Gasteiger partial charge in [-0.3, -0.25) is 4.79 Å². The first-order valence-corrected chi connectivity index (χ1v) is 5.64. The van der Waals surface area contributed by atoms with Gasteiger partial charge in [0.1, 0.15) is 0 Å². The molecule has 0 radical (unpaired) electrons. The lowest BCUT2D eigenvalue weighted by molar-refractivity contribution is 0.0802. The molecule has 1 rings (SSSR count). The summed E-state index contributed by atoms with van der Waals surface area (Å²) in [7, 11) is 0. The summed E-state index contributed by atoms with van der Waals surface area (Å²) in [4.78, 5) is 11.8. The molecule has 1 aromatic carbocycles. The van der Waals surface area contributed by atoms with Crippen LogP contribution in [0.25, 0.3) is 0 Å². The molecule has 0 aromatic heterocycles. The number of hydrogen-bond donors (Lipinski definition) is 5. The van der Waals surface area contributed by atoms with Crippen LogP contribution in [0.2, 0.25) is 0 Å². The van der Waals surface area contributed by atoms with Gasteiger partial charge in [0.2, 0.25) is 0 Å². The number of anilines is 1. The fourth-order valence-corrected chi connectivity index (χ4v) is 1.50. The second-order valence-corrected chi connectivity index (χ2v) is 3.98. The molecule has 100 valence electrons. The summed E-state index contributed by atoms with van der Waals surface area (Å²) in [6, 6.07) is 4.84. The molecule has 0 saturated carbocycles. The van der Waals surface area contributed by atoms with Crippen LogP contribution in [-0.4, -0.2) is 47.1 Å². The molecule has 1 aromatic rings. The van der Waals surface area contributed by atoms with E-state index in [-0.39, 0.29) is 19.1 Å². The third-order valence-electron chi connectivity index (χ3n) is 2.39. The molecular formula is C12H18N2O4. The molecule has 0 spiro atoms. The maximum absolute atomic E-state index is 11.8. The second-order valence-electron chi connectivity index (χ2n) is 3.98. The average molecular weight is 254 g/mol. The summed E-state index contributed by atoms with van der Waals surface area (Å²) < 4.78 is 0. The van der Waals surface area contributed by atoms with Gasteiger partial charge in [-0.2, -0.15) is 0 Å². The molecule has 6 heteroatoms. The number of nitrogen functional groups attached to an aromatic ring is 1. The number of carbonyl (C=O) groups excluding carboxylic acids is 1. The Balaban J connectivity index is 2.72. The normalized spacial score (nSPS) is 12.2. The van der Waals surface area contributed by atoms with E-state index in [4.69, 9.17) is 21.1 Å². The molecule has 1 amide bonds. The van der Waals surface area contributed by atoms with E-state index in [1.807, 2.05) is 0 Å². The SMILES string of the molecule is Nc1cc(CCO)cc(C(=O)NCC(O)CO)c1. The Kier molecular flexibility index (Phi) is 5.57. The van der Waals surface area contributed by atoms with Gasteiger partial charge in [-0.25, -0.2) is 0 Å². The van der Waals surface area contributed by atoms with Crippen LogP contribution in [-0.2, 0) is 6.42 Å². The number of aliphatic hydroxyl groups excluding tert-OH is 3. The lowest BCUT2D eigenvalue weighted by Gasteiger charge is -2.10. The summed E-state index contributed by atoms with van der Waals surface area (Å²) >= 11 is 0. The maximum Gasteiger partial charge on any atom is 0.251 e. The Hall–Kier alpha value is -1.63. The third-order valence-corrected chi connectivity index (χ3v) is 2.39. The molecular weight excluding hydrogens is 236 g/mol. The molecule has 0 saturated heterocycles. The molecule has 6 N–H and O–H groups in total. The lowest BCUT2D eigenvalue weighted by atomic mass is 10.1. The predicted molar refractivity (Wildman–Crippen MR) is 67.1 cm³/mol. The number of benzene rings is 1. The van der Waals surface area contributed by atoms with Gasteiger partial charge in [0.25, 0.3) is 5.91 Å². The van der Waals surface area contributed by atoms with Gasteiger partial charge in [-0.05, 0) is 30.2 Å². The zero-order valence-corrected chi connectivity index (χ0v) is 9.97. The fourth-order valence-electron chi connectivity index (χ4n) is 1.50. The average Bonchev–Trinajstić information content (AvgIpc) is 2.35. The second kappa shape index (κ2) is 6.95. The summed E-state index contributed by atoms with van der Waals surface area (Å²) in [5, 5.41) is 29.1. The van der Waals surface area contributed by atoms with Crippen molar-refractivity contribution in [3.8, 4) is 0 Å². The molecule has 0 heterocycles. The summed E-state index contributed by atoms with van der Waals surface area (Å²) in [6.45, 7) is -0.458. The Labute approximate surface area is 105 Å². The minimum absolute atomic E-state index is 0.0201. The molecule has 0 bridgehead atoms. The van der Waals surface area contributed by atoms with Crippen molar-refractivity contribution in [2.75, 3.05) is 25.5 Å². The van der Waals surface area contributed by atoms with E-state index in [1.54, 1.807) is 12.1 Å². The number of nitrogens with one attached hydrogen (secondary N) is 1. The van der Waals surface area contributed by atoms with E-state index in [2.05, 4.69) is 5.32 Å². The van der Waals surface area contributed by atoms with Crippen LogP contribution in [0.3, 0.4) is 0 Å². The number of aliphatic hydroxyl groups is 3. The number of rotatable bonds is 6. The molecule has 1 unspecified atom stereocenters. The van der Waals surface area contributed by atoms with E-state index < -0.39 is 12.7 Å². The minimum Gasteiger partial charge on any atom is -0.399 e. The van der Waals surface area contributed by atoms with Crippen LogP contribution >= 0.6 is 0 Å². The van der Waals surface area contributed by atoms with Crippen molar-refractivity contribution in [1.82, 2.24) is 5.32 Å². The highest BCUT2D eigenvalue weighted by Crippen LogP contribution is 2.12. The number of carbonyl (C=O) groups is 1. The zero-order chi connectivity index (χ0) is 13.5. The quantitative estimate of drug-likeness (QED) is 0.413. The number of amides is 1. The Morgan fingerprint density at radius 2 is 2.06 bits per heavy atom. The molecule has 18 heavy (non-hydrogen) atoms. The molecule has 0 aliphatic rings. The van der Waals surface area contributed by atoms with Gasteiger partial charge in [-0.15, -0.1) is 0 Å². The molecule has 6 nitrogen and oxygen atoms in total. The minimum atomic E-state index is -0.980. The zero-order valence-electron chi connectivity index (χ0n) is 9.97. The van der Waals surface area contributed by atoms with Crippen molar-refractivity contribution in [3.05, 3.63) is 29.3 Å². The van der Waals surface area contributed by atoms with E-state index >= 15 is 0 Å². The highest BCUT2D eigenvalue weighted by Gasteiger charge is 2.09. The van der Waals surface area contributed by atoms with Gasteiger partial charge in [0.05, 0.1) is 12.7 Å². The summed E-state index contributed by atoms with van der Waals surface area (Å²) in [6.07, 6.45) is -0.558. The van der Waals surface area contributed by atoms with Gasteiger partial charge in [-0.1, -0.05) is 0 Å². The Bertz CT molecular complexity index is 409. The van der Waals surface area contributed by atoms with Crippen molar-refractivity contribution in [3.63, 3.8) is 0 Å². The van der Waals surface area contributed by atoms with E-state index in [9.17, 15) is 4.79 Å². The van der Waals surface area contributed by atoms with Crippen LogP contribution in [0.5, 0.6) is 0 Å². The Morgan fingerprint density at radius 1 is 1.33 bits per heavy atom. The van der Waals surface area contributed by atoms with Crippen molar-refractivity contribution in [2.45, 2.75) is 12.5 Å². The van der Waals surface area contributed by atoms with Crippen LogP contribution in [0.4, 0.5) is 5.69 Å². The third kappa shape index (κ3) is 4.33. The maximum atomic E-state index is 11.8. The largest absolute Gasteiger partial charge is 0.399 e. The highest BCUT2D eigenvalue weighted by molar-refractivity contribution is 5.95. The van der Waals surface area contributed by atoms with Gasteiger partial charge in [0.15, 0.2) is 0 Å². The first kappa shape index (κ1) is 14.4. The van der Waals surface area contributed by atoms with Crippen molar-refractivity contribution < 1.29 is 20.1 Å². The molecule has 0 aliphatic carbocycles. The van der Waals surface area contributed by atoms with Crippen LogP contribution < -0.4 is 11.1 Å². The summed E-state index contributed by atoms with van der Waals surface area (Å²) in [5.41, 5.74) is 7.23. The van der Waals surface area contributed by atoms with Crippen molar-refractivity contribution >= 4 is 11.6 Å². The Morgan fingerprint density at radius 3 is 2.67 bits per heavy atom. The fraction of sp³-hybridized carbons (Fsp3) is 0.417. The first-order chi connectivity index (χ1) is 8.56. The number of nitrogens with two attached hydrogens (primary N) is 1. The smallest absolute Gasteiger partial charge is 0.251 e. The molecule has 0 aliphatic heterocycles. The van der Waals surface area contributed by atoms with Crippen LogP contribution in [0.15, 0.2) is 18.2 Å². The monoisotopic (exact) mass is 254 g/mol. The molecule has 1 atom stereocenters. The topological polar surface area (TPSA) is 116 Å². The molecule has 0 fully saturated rings. The van der Waals surface area contributed by atoms with Crippen molar-refractivity contribution in [2.24, 2.45) is 0 Å². The van der Waals surface area contributed by atoms with E-state index in [1.165, 1.54) is 6.07 Å². The van der Waals surface area contributed by atoms with Crippen LogP contribution in [0, 0.1) is 0 Å².